The molecule has 0 atom stereocenters. The smallest absolute Gasteiger partial charge is 0.282 e. The van der Waals surface area contributed by atoms with Gasteiger partial charge in [0.25, 0.3) is 5.92 Å². The van der Waals surface area contributed by atoms with Crippen LogP contribution in [0, 0.1) is 5.92 Å². The van der Waals surface area contributed by atoms with E-state index in [1.54, 1.807) is 27.7 Å². The van der Waals surface area contributed by atoms with Gasteiger partial charge in [0.1, 0.15) is 0 Å². The Labute approximate surface area is 115 Å². The van der Waals surface area contributed by atoms with E-state index in [4.69, 9.17) is 0 Å². The monoisotopic (exact) mass is 279 g/mol. The van der Waals surface area contributed by atoms with Gasteiger partial charge in [0.2, 0.25) is 0 Å². The lowest BCUT2D eigenvalue weighted by atomic mass is 10.0. The van der Waals surface area contributed by atoms with Gasteiger partial charge < -0.3 is 4.90 Å². The normalized spacial score (nSPS) is 17.6. The number of ketones is 1. The van der Waals surface area contributed by atoms with Crippen molar-refractivity contribution in [3.8, 4) is 0 Å². The highest BCUT2D eigenvalue weighted by Gasteiger charge is 2.44. The summed E-state index contributed by atoms with van der Waals surface area (Å²) in [5, 5.41) is 4.14. The summed E-state index contributed by atoms with van der Waals surface area (Å²) in [7, 11) is 0. The van der Waals surface area contributed by atoms with Crippen LogP contribution in [0.3, 0.4) is 0 Å². The third-order valence-electron chi connectivity index (χ3n) is 3.50. The van der Waals surface area contributed by atoms with Gasteiger partial charge in [0.05, 0.1) is 42.3 Å². The Hall–Kier alpha value is -1.98. The van der Waals surface area contributed by atoms with Crippen LogP contribution < -0.4 is 4.90 Å². The maximum absolute atomic E-state index is 12.9. The van der Waals surface area contributed by atoms with Crippen molar-refractivity contribution >= 4 is 17.0 Å². The fourth-order valence-corrected chi connectivity index (χ4v) is 2.36. The van der Waals surface area contributed by atoms with Crippen molar-refractivity contribution in [1.82, 2.24) is 9.61 Å². The SMILES string of the molecule is CC(C)C(=O)c1cnn2cc(N3CC(F)(F)C3)ccc12. The topological polar surface area (TPSA) is 37.6 Å². The number of rotatable bonds is 3. The van der Waals surface area contributed by atoms with Gasteiger partial charge in [-0.15, -0.1) is 0 Å². The second-order valence-corrected chi connectivity index (χ2v) is 5.51. The van der Waals surface area contributed by atoms with Gasteiger partial charge >= 0.3 is 0 Å². The van der Waals surface area contributed by atoms with Gasteiger partial charge in [-0.3, -0.25) is 4.79 Å². The predicted molar refractivity (Wildman–Crippen MR) is 71.5 cm³/mol. The van der Waals surface area contributed by atoms with Crippen molar-refractivity contribution in [2.45, 2.75) is 19.8 Å². The number of carbonyl (C=O) groups excluding carboxylic acids is 1. The summed E-state index contributed by atoms with van der Waals surface area (Å²) >= 11 is 0. The van der Waals surface area contributed by atoms with E-state index in [0.29, 0.717) is 16.8 Å². The van der Waals surface area contributed by atoms with Crippen molar-refractivity contribution in [1.29, 1.82) is 0 Å². The number of alkyl halides is 2. The van der Waals surface area contributed by atoms with Crippen LogP contribution in [0.5, 0.6) is 0 Å². The molecule has 0 bridgehead atoms. The molecule has 3 rings (SSSR count). The van der Waals surface area contributed by atoms with Crippen molar-refractivity contribution in [2.24, 2.45) is 5.92 Å². The molecule has 0 aliphatic carbocycles. The number of halogens is 2. The van der Waals surface area contributed by atoms with Crippen LogP contribution in [0.1, 0.15) is 24.2 Å². The molecule has 0 aromatic carbocycles. The molecular weight excluding hydrogens is 264 g/mol. The van der Waals surface area contributed by atoms with E-state index in [9.17, 15) is 13.6 Å². The molecule has 20 heavy (non-hydrogen) atoms. The van der Waals surface area contributed by atoms with Gasteiger partial charge in [0.15, 0.2) is 5.78 Å². The number of nitrogens with zero attached hydrogens (tertiary/aromatic N) is 3. The van der Waals surface area contributed by atoms with Crippen LogP contribution in [-0.2, 0) is 0 Å². The number of hydrogen-bond donors (Lipinski definition) is 0. The minimum atomic E-state index is -2.60. The molecule has 1 saturated heterocycles. The van der Waals surface area contributed by atoms with E-state index in [-0.39, 0.29) is 24.8 Å². The third-order valence-corrected chi connectivity index (χ3v) is 3.50. The molecule has 0 amide bonds. The molecule has 0 unspecified atom stereocenters. The van der Waals surface area contributed by atoms with E-state index in [1.165, 1.54) is 6.20 Å². The van der Waals surface area contributed by atoms with E-state index in [1.807, 2.05) is 13.8 Å². The average Bonchev–Trinajstić information content (AvgIpc) is 2.77. The van der Waals surface area contributed by atoms with E-state index < -0.39 is 5.92 Å². The van der Waals surface area contributed by atoms with Crippen LogP contribution in [0.15, 0.2) is 24.5 Å². The summed E-state index contributed by atoms with van der Waals surface area (Å²) in [5.41, 5.74) is 1.97. The van der Waals surface area contributed by atoms with Crippen LogP contribution in [0.2, 0.25) is 0 Å². The number of fused-ring (bicyclic) bond motifs is 1. The van der Waals surface area contributed by atoms with Gasteiger partial charge in [-0.1, -0.05) is 13.8 Å². The van der Waals surface area contributed by atoms with Crippen molar-refractivity contribution < 1.29 is 13.6 Å². The fraction of sp³-hybridized carbons (Fsp3) is 0.429. The molecule has 4 nitrogen and oxygen atoms in total. The van der Waals surface area contributed by atoms with Crippen LogP contribution in [0.25, 0.3) is 5.52 Å². The van der Waals surface area contributed by atoms with Crippen molar-refractivity contribution in [3.63, 3.8) is 0 Å². The first-order valence-corrected chi connectivity index (χ1v) is 6.52. The minimum Gasteiger partial charge on any atom is -0.358 e. The largest absolute Gasteiger partial charge is 0.358 e. The molecule has 106 valence electrons. The lowest BCUT2D eigenvalue weighted by molar-refractivity contribution is -0.0263. The maximum atomic E-state index is 12.9. The number of pyridine rings is 1. The van der Waals surface area contributed by atoms with Crippen LogP contribution in [-0.4, -0.2) is 34.4 Å². The molecule has 0 saturated carbocycles. The second-order valence-electron chi connectivity index (χ2n) is 5.51. The quantitative estimate of drug-likeness (QED) is 0.811. The first-order chi connectivity index (χ1) is 9.37. The summed E-state index contributed by atoms with van der Waals surface area (Å²) in [5.74, 6) is -2.67. The van der Waals surface area contributed by atoms with E-state index >= 15 is 0 Å². The molecule has 3 heterocycles. The van der Waals surface area contributed by atoms with Gasteiger partial charge in [-0.25, -0.2) is 13.3 Å². The summed E-state index contributed by atoms with van der Waals surface area (Å²) in [6, 6.07) is 3.51. The zero-order valence-electron chi connectivity index (χ0n) is 11.3. The number of Topliss-reactive ketones (excluding diaryl/α,β-unsaturated/α-hetero) is 1. The Morgan fingerprint density at radius 1 is 1.35 bits per heavy atom. The molecule has 2 aromatic rings. The average molecular weight is 279 g/mol. The number of carbonyl (C=O) groups is 1. The molecular formula is C14H15F2N3O. The second kappa shape index (κ2) is 4.26. The van der Waals surface area contributed by atoms with Crippen molar-refractivity contribution in [3.05, 3.63) is 30.1 Å². The Bertz CT molecular complexity index is 670. The lowest BCUT2D eigenvalue weighted by Gasteiger charge is -2.40. The standard InChI is InChI=1S/C14H15F2N3O/c1-9(2)13(20)11-5-17-19-6-10(3-4-12(11)19)18-7-14(15,16)8-18/h3-6,9H,7-8H2,1-2H3. The van der Waals surface area contributed by atoms with Crippen LogP contribution >= 0.6 is 0 Å². The van der Waals surface area contributed by atoms with Gasteiger partial charge in [-0.2, -0.15) is 5.10 Å². The zero-order chi connectivity index (χ0) is 14.5. The maximum Gasteiger partial charge on any atom is 0.282 e. The predicted octanol–water partition coefficient (Wildman–Crippen LogP) is 2.63. The Morgan fingerprint density at radius 3 is 2.65 bits per heavy atom. The fourth-order valence-electron chi connectivity index (χ4n) is 2.36. The Morgan fingerprint density at radius 2 is 2.05 bits per heavy atom. The summed E-state index contributed by atoms with van der Waals surface area (Å²) < 4.78 is 27.3. The summed E-state index contributed by atoms with van der Waals surface area (Å²) in [4.78, 5) is 13.6. The molecule has 1 aliphatic heterocycles. The minimum absolute atomic E-state index is 0.0308. The molecule has 1 aliphatic rings. The number of hydrogen-bond acceptors (Lipinski definition) is 3. The number of aromatic nitrogens is 2. The van der Waals surface area contributed by atoms with Gasteiger partial charge in [0, 0.05) is 5.92 Å². The van der Waals surface area contributed by atoms with E-state index in [2.05, 4.69) is 5.10 Å². The molecule has 6 heteroatoms. The van der Waals surface area contributed by atoms with Crippen molar-refractivity contribution in [2.75, 3.05) is 18.0 Å². The lowest BCUT2D eigenvalue weighted by Crippen LogP contribution is -2.56. The highest BCUT2D eigenvalue weighted by molar-refractivity contribution is 6.03. The summed E-state index contributed by atoms with van der Waals surface area (Å²) in [6.07, 6.45) is 3.22. The first-order valence-electron chi connectivity index (χ1n) is 6.52. The summed E-state index contributed by atoms with van der Waals surface area (Å²) in [6.45, 7) is 3.14. The Balaban J connectivity index is 1.92. The molecule has 0 spiro atoms. The molecule has 0 N–H and O–H groups in total. The zero-order valence-corrected chi connectivity index (χ0v) is 11.3. The molecule has 0 radical (unpaired) electrons. The van der Waals surface area contributed by atoms with Crippen LogP contribution in [0.4, 0.5) is 14.5 Å². The highest BCUT2D eigenvalue weighted by Crippen LogP contribution is 2.32. The number of anilines is 1. The highest BCUT2D eigenvalue weighted by atomic mass is 19.3. The Kier molecular flexibility index (Phi) is 2.77. The van der Waals surface area contributed by atoms with E-state index in [0.717, 1.165) is 0 Å². The first kappa shape index (κ1) is 13.0. The third kappa shape index (κ3) is 2.05. The van der Waals surface area contributed by atoms with Gasteiger partial charge in [-0.05, 0) is 12.1 Å². The molecule has 2 aromatic heterocycles. The molecule has 1 fully saturated rings.